The molecule has 0 aliphatic heterocycles. The topological polar surface area (TPSA) is 56.3 Å². The van der Waals surface area contributed by atoms with Gasteiger partial charge in [0.25, 0.3) is 5.69 Å². The summed E-state index contributed by atoms with van der Waals surface area (Å²) in [6.45, 7) is 0. The minimum Gasteiger partial charge on any atom is -0.456 e. The van der Waals surface area contributed by atoms with Crippen molar-refractivity contribution in [1.29, 1.82) is 0 Å². The Hall–Kier alpha value is -2.07. The van der Waals surface area contributed by atoms with Gasteiger partial charge in [0.1, 0.15) is 16.2 Å². The van der Waals surface area contributed by atoms with E-state index in [0.29, 0.717) is 16.6 Å². The van der Waals surface area contributed by atoms with Gasteiger partial charge >= 0.3 is 0 Å². The Morgan fingerprint density at radius 1 is 1.12 bits per heavy atom. The van der Waals surface area contributed by atoms with Crippen LogP contribution in [0.4, 0.5) is 5.69 Å². The largest absolute Gasteiger partial charge is 0.456 e. The second kappa shape index (κ2) is 3.46. The molecule has 3 rings (SSSR count). The molecular formula is C12H6ClNO3. The average Bonchev–Trinajstić information content (AvgIpc) is 2.64. The summed E-state index contributed by atoms with van der Waals surface area (Å²) in [7, 11) is 0. The summed E-state index contributed by atoms with van der Waals surface area (Å²) in [6, 6.07) is 10.3. The van der Waals surface area contributed by atoms with Crippen LogP contribution in [0.1, 0.15) is 0 Å². The zero-order valence-electron chi connectivity index (χ0n) is 8.51. The Kier molecular flexibility index (Phi) is 2.06. The summed E-state index contributed by atoms with van der Waals surface area (Å²) in [6.07, 6.45) is 0. The van der Waals surface area contributed by atoms with Crippen LogP contribution in [0.15, 0.2) is 40.8 Å². The minimum absolute atomic E-state index is 0.0848. The number of fused-ring (bicyclic) bond motifs is 3. The van der Waals surface area contributed by atoms with Crippen molar-refractivity contribution in [3.8, 4) is 0 Å². The molecule has 0 aliphatic rings. The quantitative estimate of drug-likeness (QED) is 0.479. The van der Waals surface area contributed by atoms with Gasteiger partial charge in [-0.2, -0.15) is 0 Å². The van der Waals surface area contributed by atoms with Crippen LogP contribution >= 0.6 is 11.6 Å². The lowest BCUT2D eigenvalue weighted by molar-refractivity contribution is -0.384. The summed E-state index contributed by atoms with van der Waals surface area (Å²) < 4.78 is 5.56. The minimum atomic E-state index is -0.496. The average molecular weight is 248 g/mol. The normalized spacial score (nSPS) is 11.1. The lowest BCUT2D eigenvalue weighted by Gasteiger charge is -1.94. The lowest BCUT2D eigenvalue weighted by atomic mass is 10.1. The number of nitro groups is 1. The van der Waals surface area contributed by atoms with E-state index in [0.717, 1.165) is 5.39 Å². The molecule has 0 saturated heterocycles. The van der Waals surface area contributed by atoms with Crippen molar-refractivity contribution in [1.82, 2.24) is 0 Å². The van der Waals surface area contributed by atoms with Gasteiger partial charge in [-0.05, 0) is 6.07 Å². The fraction of sp³-hybridized carbons (Fsp3) is 0. The maximum Gasteiger partial charge on any atom is 0.288 e. The van der Waals surface area contributed by atoms with Crippen LogP contribution in [-0.4, -0.2) is 4.92 Å². The van der Waals surface area contributed by atoms with E-state index in [-0.39, 0.29) is 10.7 Å². The highest BCUT2D eigenvalue weighted by molar-refractivity contribution is 6.33. The second-order valence-electron chi connectivity index (χ2n) is 3.66. The van der Waals surface area contributed by atoms with Crippen molar-refractivity contribution in [2.75, 3.05) is 0 Å². The third kappa shape index (κ3) is 1.45. The van der Waals surface area contributed by atoms with Crippen molar-refractivity contribution in [2.24, 2.45) is 0 Å². The molecule has 0 bridgehead atoms. The maximum absolute atomic E-state index is 10.8. The molecule has 3 aromatic rings. The van der Waals surface area contributed by atoms with Gasteiger partial charge in [0.15, 0.2) is 0 Å². The molecule has 1 aromatic heterocycles. The van der Waals surface area contributed by atoms with Gasteiger partial charge in [-0.15, -0.1) is 0 Å². The van der Waals surface area contributed by atoms with Crippen LogP contribution in [0, 0.1) is 10.1 Å². The van der Waals surface area contributed by atoms with Crippen molar-refractivity contribution in [2.45, 2.75) is 0 Å². The highest BCUT2D eigenvalue weighted by Gasteiger charge is 2.17. The molecule has 5 heteroatoms. The number of halogens is 1. The summed E-state index contributed by atoms with van der Waals surface area (Å²) in [4.78, 5) is 10.3. The number of nitro benzene ring substituents is 1. The first kappa shape index (κ1) is 10.1. The van der Waals surface area contributed by atoms with Crippen LogP contribution in [0.25, 0.3) is 21.9 Å². The Labute approximate surface area is 101 Å². The fourth-order valence-corrected chi connectivity index (χ4v) is 2.10. The van der Waals surface area contributed by atoms with Gasteiger partial charge in [0, 0.05) is 22.9 Å². The summed E-state index contributed by atoms with van der Waals surface area (Å²) in [5.41, 5.74) is 1.14. The first-order valence-corrected chi connectivity index (χ1v) is 5.30. The van der Waals surface area contributed by atoms with E-state index >= 15 is 0 Å². The van der Waals surface area contributed by atoms with Crippen LogP contribution in [0.2, 0.25) is 5.02 Å². The molecular weight excluding hydrogens is 242 g/mol. The molecule has 0 N–H and O–H groups in total. The molecule has 0 amide bonds. The van der Waals surface area contributed by atoms with Crippen LogP contribution in [0.5, 0.6) is 0 Å². The van der Waals surface area contributed by atoms with Crippen molar-refractivity contribution in [3.05, 3.63) is 51.5 Å². The van der Waals surface area contributed by atoms with E-state index in [1.807, 2.05) is 24.3 Å². The first-order valence-electron chi connectivity index (χ1n) is 4.92. The third-order valence-electron chi connectivity index (χ3n) is 2.64. The molecule has 0 fully saturated rings. The lowest BCUT2D eigenvalue weighted by Crippen LogP contribution is -1.88. The van der Waals surface area contributed by atoms with Crippen LogP contribution < -0.4 is 0 Å². The summed E-state index contributed by atoms with van der Waals surface area (Å²) in [5, 5.41) is 12.5. The van der Waals surface area contributed by atoms with E-state index < -0.39 is 4.92 Å². The number of hydrogen-bond acceptors (Lipinski definition) is 3. The molecule has 84 valence electrons. The SMILES string of the molecule is O=[N+]([O-])c1cc2c(cc1Cl)oc1ccccc12. The van der Waals surface area contributed by atoms with Gasteiger partial charge < -0.3 is 4.42 Å². The van der Waals surface area contributed by atoms with E-state index in [1.54, 1.807) is 0 Å². The van der Waals surface area contributed by atoms with Crippen LogP contribution in [-0.2, 0) is 0 Å². The van der Waals surface area contributed by atoms with Gasteiger partial charge in [-0.3, -0.25) is 10.1 Å². The van der Waals surface area contributed by atoms with E-state index in [2.05, 4.69) is 0 Å². The van der Waals surface area contributed by atoms with E-state index in [9.17, 15) is 10.1 Å². The van der Waals surface area contributed by atoms with E-state index in [1.165, 1.54) is 12.1 Å². The highest BCUT2D eigenvalue weighted by Crippen LogP contribution is 2.35. The molecule has 2 aromatic carbocycles. The standard InChI is InChI=1S/C12H6ClNO3/c13-9-6-12-8(5-10(9)14(15)16)7-3-1-2-4-11(7)17-12/h1-6H. The smallest absolute Gasteiger partial charge is 0.288 e. The molecule has 0 radical (unpaired) electrons. The third-order valence-corrected chi connectivity index (χ3v) is 2.95. The Morgan fingerprint density at radius 2 is 1.88 bits per heavy atom. The number of hydrogen-bond donors (Lipinski definition) is 0. The van der Waals surface area contributed by atoms with Gasteiger partial charge in [-0.1, -0.05) is 29.8 Å². The van der Waals surface area contributed by atoms with Crippen molar-refractivity contribution >= 4 is 39.2 Å². The molecule has 0 unspecified atom stereocenters. The Morgan fingerprint density at radius 3 is 2.65 bits per heavy atom. The zero-order chi connectivity index (χ0) is 12.0. The Balaban J connectivity index is 2.47. The predicted octanol–water partition coefficient (Wildman–Crippen LogP) is 4.15. The number of para-hydroxylation sites is 1. The number of rotatable bonds is 1. The van der Waals surface area contributed by atoms with Crippen molar-refractivity contribution < 1.29 is 9.34 Å². The monoisotopic (exact) mass is 247 g/mol. The predicted molar refractivity (Wildman–Crippen MR) is 65.4 cm³/mol. The highest BCUT2D eigenvalue weighted by atomic mass is 35.5. The van der Waals surface area contributed by atoms with Crippen LogP contribution in [0.3, 0.4) is 0 Å². The van der Waals surface area contributed by atoms with Gasteiger partial charge in [-0.25, -0.2) is 0 Å². The fourth-order valence-electron chi connectivity index (χ4n) is 1.88. The first-order chi connectivity index (χ1) is 8.16. The molecule has 17 heavy (non-hydrogen) atoms. The van der Waals surface area contributed by atoms with E-state index in [4.69, 9.17) is 16.0 Å². The summed E-state index contributed by atoms with van der Waals surface area (Å²) >= 11 is 5.82. The number of benzene rings is 2. The molecule has 1 heterocycles. The van der Waals surface area contributed by atoms with Gasteiger partial charge in [0.05, 0.1) is 4.92 Å². The summed E-state index contributed by atoms with van der Waals surface area (Å²) in [5.74, 6) is 0. The number of nitrogens with zero attached hydrogens (tertiary/aromatic N) is 1. The Bertz CT molecular complexity index is 748. The number of furan rings is 1. The molecule has 0 saturated carbocycles. The van der Waals surface area contributed by atoms with Gasteiger partial charge in [0.2, 0.25) is 0 Å². The zero-order valence-corrected chi connectivity index (χ0v) is 9.27. The molecule has 0 spiro atoms. The maximum atomic E-state index is 10.8. The second-order valence-corrected chi connectivity index (χ2v) is 4.06. The molecule has 0 aliphatic carbocycles. The van der Waals surface area contributed by atoms with Crippen molar-refractivity contribution in [3.63, 3.8) is 0 Å². The molecule has 0 atom stereocenters. The molecule has 4 nitrogen and oxygen atoms in total.